The van der Waals surface area contributed by atoms with Gasteiger partial charge in [0, 0.05) is 12.0 Å². The number of benzene rings is 1. The molecular weight excluding hydrogens is 234 g/mol. The highest BCUT2D eigenvalue weighted by atomic mass is 16.5. The maximum absolute atomic E-state index is 5.87. The zero-order chi connectivity index (χ0) is 13.7. The van der Waals surface area contributed by atoms with Crippen molar-refractivity contribution in [2.75, 3.05) is 13.2 Å². The van der Waals surface area contributed by atoms with Gasteiger partial charge in [0.05, 0.1) is 6.61 Å². The van der Waals surface area contributed by atoms with Crippen LogP contribution in [0.4, 0.5) is 0 Å². The summed E-state index contributed by atoms with van der Waals surface area (Å²) in [5, 5.41) is 3.76. The quantitative estimate of drug-likeness (QED) is 0.836. The van der Waals surface area contributed by atoms with Crippen molar-refractivity contribution in [3.8, 4) is 5.75 Å². The van der Waals surface area contributed by atoms with E-state index in [1.807, 2.05) is 0 Å². The maximum atomic E-state index is 5.87. The summed E-state index contributed by atoms with van der Waals surface area (Å²) >= 11 is 0. The van der Waals surface area contributed by atoms with Gasteiger partial charge in [0.25, 0.3) is 0 Å². The normalized spacial score (nSPS) is 23.5. The van der Waals surface area contributed by atoms with Crippen LogP contribution < -0.4 is 10.1 Å². The second kappa shape index (κ2) is 6.95. The summed E-state index contributed by atoms with van der Waals surface area (Å²) in [6.07, 6.45) is 3.66. The number of para-hydroxylation sites is 1. The lowest BCUT2D eigenvalue weighted by molar-refractivity contribution is 0.179. The highest BCUT2D eigenvalue weighted by molar-refractivity contribution is 5.39. The van der Waals surface area contributed by atoms with Crippen molar-refractivity contribution in [3.63, 3.8) is 0 Å². The summed E-state index contributed by atoms with van der Waals surface area (Å²) in [7, 11) is 0. The van der Waals surface area contributed by atoms with Crippen molar-refractivity contribution in [2.24, 2.45) is 5.92 Å². The topological polar surface area (TPSA) is 21.3 Å². The third-order valence-electron chi connectivity index (χ3n) is 4.08. The van der Waals surface area contributed by atoms with Crippen LogP contribution in [0.15, 0.2) is 24.3 Å². The fraction of sp³-hybridized carbons (Fsp3) is 0.647. The predicted octanol–water partition coefficient (Wildman–Crippen LogP) is 3.97. The lowest BCUT2D eigenvalue weighted by Crippen LogP contribution is -2.41. The molecule has 0 amide bonds. The van der Waals surface area contributed by atoms with E-state index < -0.39 is 0 Å². The molecule has 106 valence electrons. The molecule has 0 aliphatic carbocycles. The van der Waals surface area contributed by atoms with Crippen molar-refractivity contribution in [2.45, 2.75) is 52.0 Å². The highest BCUT2D eigenvalue weighted by Crippen LogP contribution is 2.39. The first-order valence-corrected chi connectivity index (χ1v) is 7.73. The fourth-order valence-electron chi connectivity index (χ4n) is 3.18. The number of hydrogen-bond acceptors (Lipinski definition) is 2. The van der Waals surface area contributed by atoms with E-state index in [2.05, 4.69) is 50.4 Å². The van der Waals surface area contributed by atoms with Gasteiger partial charge in [-0.2, -0.15) is 0 Å². The minimum absolute atomic E-state index is 0.574. The first-order valence-electron chi connectivity index (χ1n) is 7.73. The van der Waals surface area contributed by atoms with Gasteiger partial charge in [0.1, 0.15) is 5.75 Å². The number of nitrogens with one attached hydrogen (secondary N) is 1. The summed E-state index contributed by atoms with van der Waals surface area (Å²) in [5.74, 6) is 2.25. The summed E-state index contributed by atoms with van der Waals surface area (Å²) in [5.41, 5.74) is 1.39. The smallest absolute Gasteiger partial charge is 0.122 e. The largest absolute Gasteiger partial charge is 0.493 e. The Labute approximate surface area is 117 Å². The van der Waals surface area contributed by atoms with Crippen LogP contribution in [0.1, 0.15) is 51.5 Å². The van der Waals surface area contributed by atoms with Crippen LogP contribution in [0.2, 0.25) is 0 Å². The monoisotopic (exact) mass is 261 g/mol. The molecule has 2 nitrogen and oxygen atoms in total. The highest BCUT2D eigenvalue weighted by Gasteiger charge is 2.33. The molecule has 1 heterocycles. The molecule has 1 aliphatic rings. The van der Waals surface area contributed by atoms with E-state index in [4.69, 9.17) is 4.74 Å². The van der Waals surface area contributed by atoms with Crippen molar-refractivity contribution in [3.05, 3.63) is 29.8 Å². The minimum Gasteiger partial charge on any atom is -0.493 e. The maximum Gasteiger partial charge on any atom is 0.122 e. The molecule has 19 heavy (non-hydrogen) atoms. The van der Waals surface area contributed by atoms with Gasteiger partial charge in [-0.3, -0.25) is 0 Å². The first-order chi connectivity index (χ1) is 9.27. The predicted molar refractivity (Wildman–Crippen MR) is 80.8 cm³/mol. The Morgan fingerprint density at radius 1 is 1.26 bits per heavy atom. The second-order valence-corrected chi connectivity index (χ2v) is 5.70. The number of fused-ring (bicyclic) bond motifs is 1. The minimum atomic E-state index is 0.574. The van der Waals surface area contributed by atoms with Gasteiger partial charge < -0.3 is 10.1 Å². The second-order valence-electron chi connectivity index (χ2n) is 5.70. The molecular formula is C17H27NO. The van der Waals surface area contributed by atoms with Crippen LogP contribution in [0, 0.1) is 5.92 Å². The van der Waals surface area contributed by atoms with Crippen molar-refractivity contribution >= 4 is 0 Å². The Morgan fingerprint density at radius 3 is 2.79 bits per heavy atom. The van der Waals surface area contributed by atoms with Gasteiger partial charge in [-0.05, 0) is 36.9 Å². The molecule has 0 fully saturated rings. The molecule has 3 unspecified atom stereocenters. The Bertz CT molecular complexity index is 391. The molecule has 1 aromatic carbocycles. The zero-order valence-electron chi connectivity index (χ0n) is 12.5. The summed E-state index contributed by atoms with van der Waals surface area (Å²) in [4.78, 5) is 0. The Balaban J connectivity index is 2.23. The number of hydrogen-bond donors (Lipinski definition) is 1. The fourth-order valence-corrected chi connectivity index (χ4v) is 3.18. The molecule has 0 aromatic heterocycles. The molecule has 1 N–H and O–H groups in total. The number of ether oxygens (including phenoxy) is 1. The Morgan fingerprint density at radius 2 is 2.05 bits per heavy atom. The molecule has 3 atom stereocenters. The lowest BCUT2D eigenvalue weighted by atomic mass is 9.78. The van der Waals surface area contributed by atoms with Gasteiger partial charge in [0.15, 0.2) is 0 Å². The Kier molecular flexibility index (Phi) is 5.26. The molecule has 0 saturated heterocycles. The molecule has 1 aliphatic heterocycles. The van der Waals surface area contributed by atoms with E-state index in [0.29, 0.717) is 17.9 Å². The van der Waals surface area contributed by atoms with E-state index in [9.17, 15) is 0 Å². The van der Waals surface area contributed by atoms with Gasteiger partial charge in [-0.1, -0.05) is 45.4 Å². The van der Waals surface area contributed by atoms with Crippen molar-refractivity contribution in [1.29, 1.82) is 0 Å². The summed E-state index contributed by atoms with van der Waals surface area (Å²) in [6.45, 7) is 8.78. The standard InChI is InChI=1S/C17H27NO/c1-4-8-15(18-11-5-2)17-13(3)12-19-16-10-7-6-9-14(16)17/h6-7,9-10,13,15,17-18H,4-5,8,11-12H2,1-3H3. The van der Waals surface area contributed by atoms with Crippen LogP contribution in [0.25, 0.3) is 0 Å². The Hall–Kier alpha value is -1.02. The van der Waals surface area contributed by atoms with E-state index in [1.54, 1.807) is 0 Å². The zero-order valence-corrected chi connectivity index (χ0v) is 12.5. The van der Waals surface area contributed by atoms with Crippen LogP contribution in [0.3, 0.4) is 0 Å². The van der Waals surface area contributed by atoms with Crippen LogP contribution in [-0.2, 0) is 0 Å². The first kappa shape index (κ1) is 14.4. The van der Waals surface area contributed by atoms with E-state index >= 15 is 0 Å². The van der Waals surface area contributed by atoms with Gasteiger partial charge in [-0.25, -0.2) is 0 Å². The third-order valence-corrected chi connectivity index (χ3v) is 4.08. The molecule has 2 heteroatoms. The lowest BCUT2D eigenvalue weighted by Gasteiger charge is -2.37. The van der Waals surface area contributed by atoms with Crippen molar-refractivity contribution < 1.29 is 4.74 Å². The molecule has 0 radical (unpaired) electrons. The average molecular weight is 261 g/mol. The molecule has 1 aromatic rings. The van der Waals surface area contributed by atoms with Crippen LogP contribution in [0.5, 0.6) is 5.75 Å². The van der Waals surface area contributed by atoms with Gasteiger partial charge in [0.2, 0.25) is 0 Å². The summed E-state index contributed by atoms with van der Waals surface area (Å²) in [6, 6.07) is 9.13. The van der Waals surface area contributed by atoms with Crippen LogP contribution >= 0.6 is 0 Å². The molecule has 2 rings (SSSR count). The SMILES string of the molecule is CCCNC(CCC)C1c2ccccc2OCC1C. The van der Waals surface area contributed by atoms with E-state index in [1.165, 1.54) is 24.8 Å². The van der Waals surface area contributed by atoms with Crippen molar-refractivity contribution in [1.82, 2.24) is 5.32 Å². The van der Waals surface area contributed by atoms with Gasteiger partial charge >= 0.3 is 0 Å². The third kappa shape index (κ3) is 3.30. The number of rotatable bonds is 6. The average Bonchev–Trinajstić information content (AvgIpc) is 2.44. The van der Waals surface area contributed by atoms with Gasteiger partial charge in [-0.15, -0.1) is 0 Å². The van der Waals surface area contributed by atoms with Crippen LogP contribution in [-0.4, -0.2) is 19.2 Å². The molecule has 0 bridgehead atoms. The summed E-state index contributed by atoms with van der Waals surface area (Å²) < 4.78 is 5.87. The van der Waals surface area contributed by atoms with E-state index in [0.717, 1.165) is 18.9 Å². The molecule has 0 saturated carbocycles. The van der Waals surface area contributed by atoms with E-state index in [-0.39, 0.29) is 0 Å². The molecule has 0 spiro atoms.